The molecule has 0 bridgehead atoms. The van der Waals surface area contributed by atoms with Crippen molar-refractivity contribution >= 4 is 49.9 Å². The van der Waals surface area contributed by atoms with Gasteiger partial charge in [-0.15, -0.1) is 4.91 Å². The van der Waals surface area contributed by atoms with E-state index < -0.39 is 29.2 Å². The summed E-state index contributed by atoms with van der Waals surface area (Å²) in [5.41, 5.74) is 6.20. The number of anilines is 1. The molecule has 11 nitrogen and oxygen atoms in total. The summed E-state index contributed by atoms with van der Waals surface area (Å²) in [5, 5.41) is 3.37. The maximum Gasteiger partial charge on any atom is 0.335 e. The normalized spacial score (nSPS) is 13.6. The molecule has 1 amide bonds. The number of H-pyrrole nitrogens is 1. The molecule has 0 radical (unpaired) electrons. The Hall–Kier alpha value is -3.90. The number of aromatic nitrogens is 4. The zero-order valence-electron chi connectivity index (χ0n) is 18.6. The molecule has 0 saturated heterocycles. The molecule has 2 heterocycles. The van der Waals surface area contributed by atoms with Crippen LogP contribution in [0.15, 0.2) is 62.2 Å². The number of aromatic amines is 1. The third kappa shape index (κ3) is 4.98. The monoisotopic (exact) mass is 513 g/mol. The molecule has 0 saturated carbocycles. The molecule has 2 aromatic carbocycles. The summed E-state index contributed by atoms with van der Waals surface area (Å²) in [6, 6.07) is 11.1. The number of nitrogen functional groups attached to an aromatic ring is 1. The molecular weight excluding hydrogens is 494 g/mol. The first-order chi connectivity index (χ1) is 16.7. The highest BCUT2D eigenvalue weighted by molar-refractivity contribution is 7.22. The van der Waals surface area contributed by atoms with E-state index >= 15 is 0 Å². The van der Waals surface area contributed by atoms with Gasteiger partial charge < -0.3 is 5.73 Å². The summed E-state index contributed by atoms with van der Waals surface area (Å²) < 4.78 is 2.96. The van der Waals surface area contributed by atoms with Crippen LogP contribution in [-0.2, 0) is 11.3 Å². The lowest BCUT2D eigenvalue weighted by Crippen LogP contribution is -2.52. The molecule has 180 valence electrons. The fourth-order valence-corrected chi connectivity index (χ4v) is 4.42. The van der Waals surface area contributed by atoms with Crippen LogP contribution in [0.2, 0.25) is 5.02 Å². The van der Waals surface area contributed by atoms with Crippen LogP contribution in [0, 0.1) is 10.8 Å². The van der Waals surface area contributed by atoms with Crippen LogP contribution in [-0.4, -0.2) is 25.0 Å². The predicted molar refractivity (Wildman–Crippen MR) is 134 cm³/mol. The van der Waals surface area contributed by atoms with Crippen LogP contribution in [0.4, 0.5) is 10.8 Å². The number of hydrogen-bond acceptors (Lipinski definition) is 8. The van der Waals surface area contributed by atoms with Crippen molar-refractivity contribution in [1.29, 1.82) is 0 Å². The van der Waals surface area contributed by atoms with E-state index in [1.807, 2.05) is 0 Å². The van der Waals surface area contributed by atoms with Crippen molar-refractivity contribution in [3.05, 3.63) is 84.5 Å². The van der Waals surface area contributed by atoms with E-state index in [1.54, 1.807) is 42.5 Å². The molecule has 4 aromatic rings. The van der Waals surface area contributed by atoms with Gasteiger partial charge in [0.05, 0.1) is 34.4 Å². The Morgan fingerprint density at radius 1 is 1.20 bits per heavy atom. The number of hydrogen-bond donors (Lipinski definition) is 2. The van der Waals surface area contributed by atoms with E-state index in [9.17, 15) is 19.3 Å². The molecule has 4 rings (SSSR count). The maximum absolute atomic E-state index is 13.5. The summed E-state index contributed by atoms with van der Waals surface area (Å²) in [6.07, 6.45) is 0. The Balaban J connectivity index is 1.92. The van der Waals surface area contributed by atoms with E-state index in [1.165, 1.54) is 29.8 Å². The van der Waals surface area contributed by atoms with Gasteiger partial charge in [0.25, 0.3) is 5.91 Å². The Morgan fingerprint density at radius 3 is 2.60 bits per heavy atom. The minimum atomic E-state index is -0.989. The second-order valence-corrected chi connectivity index (χ2v) is 9.39. The standard InChI is InChI=1S/C22H20ClN7O4S/c1-11(18(31)28-34)12(2)30-21(32)27-20(25-15-7-8-16-17(9-15)35-19(24)26-16)29(22(30)33)10-13-3-5-14(23)6-4-13/h3-9,11-12H,10H2,1-2H3,(H2,24,26)(H,25,27,32)/t11-,12+/m1/s1. The van der Waals surface area contributed by atoms with Gasteiger partial charge in [0, 0.05) is 10.2 Å². The topological polar surface area (TPSA) is 158 Å². The number of amides is 1. The van der Waals surface area contributed by atoms with Crippen molar-refractivity contribution in [3.8, 4) is 0 Å². The van der Waals surface area contributed by atoms with Crippen LogP contribution < -0.4 is 22.7 Å². The number of rotatable bonds is 6. The van der Waals surface area contributed by atoms with Crippen LogP contribution in [0.3, 0.4) is 0 Å². The van der Waals surface area contributed by atoms with Crippen LogP contribution >= 0.6 is 22.9 Å². The summed E-state index contributed by atoms with van der Waals surface area (Å²) in [5.74, 6) is -1.95. The number of nitrogens with two attached hydrogens (primary N) is 1. The SMILES string of the molecule is C[C@@H](C(=O)N=O)[C@H](C)n1c(=O)[nH]/c(=N\c2ccc3nc(N)sc3c2)n(Cc2ccc(Cl)cc2)c1=O. The summed E-state index contributed by atoms with van der Waals surface area (Å²) in [4.78, 5) is 60.3. The highest BCUT2D eigenvalue weighted by atomic mass is 35.5. The Kier molecular flexibility index (Phi) is 6.76. The molecule has 13 heteroatoms. The summed E-state index contributed by atoms with van der Waals surface area (Å²) in [7, 11) is 0. The first-order valence-electron chi connectivity index (χ1n) is 10.5. The minimum absolute atomic E-state index is 0.00253. The molecular formula is C22H20ClN7O4S. The van der Waals surface area contributed by atoms with Crippen LogP contribution in [0.5, 0.6) is 0 Å². The third-order valence-electron chi connectivity index (χ3n) is 5.62. The van der Waals surface area contributed by atoms with Crippen molar-refractivity contribution in [2.75, 3.05) is 5.73 Å². The molecule has 0 fully saturated rings. The molecule has 2 aromatic heterocycles. The molecule has 2 atom stereocenters. The lowest BCUT2D eigenvalue weighted by Gasteiger charge is -2.19. The lowest BCUT2D eigenvalue weighted by atomic mass is 10.0. The van der Waals surface area contributed by atoms with Gasteiger partial charge >= 0.3 is 11.4 Å². The first-order valence-corrected chi connectivity index (χ1v) is 11.7. The number of nitrogens with zero attached hydrogens (tertiary/aromatic N) is 5. The summed E-state index contributed by atoms with van der Waals surface area (Å²) in [6.45, 7) is 2.98. The maximum atomic E-state index is 13.5. The van der Waals surface area contributed by atoms with Crippen LogP contribution in [0.1, 0.15) is 25.5 Å². The van der Waals surface area contributed by atoms with E-state index in [-0.39, 0.29) is 12.2 Å². The quantitative estimate of drug-likeness (QED) is 0.377. The zero-order chi connectivity index (χ0) is 25.3. The summed E-state index contributed by atoms with van der Waals surface area (Å²) >= 11 is 7.27. The molecule has 3 N–H and O–H groups in total. The van der Waals surface area contributed by atoms with Gasteiger partial charge in [-0.3, -0.25) is 14.3 Å². The van der Waals surface area contributed by atoms with Crippen molar-refractivity contribution < 1.29 is 4.79 Å². The van der Waals surface area contributed by atoms with Crippen molar-refractivity contribution in [2.45, 2.75) is 26.4 Å². The fourth-order valence-electron chi connectivity index (χ4n) is 3.53. The second-order valence-electron chi connectivity index (χ2n) is 7.89. The van der Waals surface area contributed by atoms with E-state index in [0.717, 1.165) is 14.8 Å². The number of thiazole rings is 1. The van der Waals surface area contributed by atoms with Gasteiger partial charge in [-0.2, -0.15) is 0 Å². The zero-order valence-corrected chi connectivity index (χ0v) is 20.2. The average molecular weight is 514 g/mol. The predicted octanol–water partition coefficient (Wildman–Crippen LogP) is 2.95. The number of carbonyl (C=O) groups is 1. The number of halogens is 1. The van der Waals surface area contributed by atoms with Gasteiger partial charge in [-0.05, 0) is 42.8 Å². The fraction of sp³-hybridized carbons (Fsp3) is 0.227. The highest BCUT2D eigenvalue weighted by Crippen LogP contribution is 2.27. The van der Waals surface area contributed by atoms with Crippen LogP contribution in [0.25, 0.3) is 10.2 Å². The second kappa shape index (κ2) is 9.76. The molecule has 0 aliphatic rings. The number of nitrogens with one attached hydrogen (secondary N) is 1. The molecule has 0 unspecified atom stereocenters. The molecule has 0 aliphatic heterocycles. The molecule has 0 aliphatic carbocycles. The lowest BCUT2D eigenvalue weighted by molar-refractivity contribution is -0.122. The van der Waals surface area contributed by atoms with Gasteiger partial charge in [0.1, 0.15) is 0 Å². The van der Waals surface area contributed by atoms with Crippen molar-refractivity contribution in [2.24, 2.45) is 16.1 Å². The van der Waals surface area contributed by atoms with Gasteiger partial charge in [0.2, 0.25) is 5.62 Å². The Labute approximate surface area is 206 Å². The number of nitroso groups, excluding NO2 is 1. The molecule has 35 heavy (non-hydrogen) atoms. The van der Waals surface area contributed by atoms with Gasteiger partial charge in [-0.25, -0.2) is 24.1 Å². The number of fused-ring (bicyclic) bond motifs is 1. The Morgan fingerprint density at radius 2 is 1.91 bits per heavy atom. The van der Waals surface area contributed by atoms with Crippen molar-refractivity contribution in [3.63, 3.8) is 0 Å². The highest BCUT2D eigenvalue weighted by Gasteiger charge is 2.26. The van der Waals surface area contributed by atoms with E-state index in [0.29, 0.717) is 21.4 Å². The smallest absolute Gasteiger partial charge is 0.335 e. The van der Waals surface area contributed by atoms with Crippen molar-refractivity contribution in [1.82, 2.24) is 19.1 Å². The van der Waals surface area contributed by atoms with Gasteiger partial charge in [-0.1, -0.05) is 42.0 Å². The number of benzene rings is 2. The largest absolute Gasteiger partial charge is 0.375 e. The van der Waals surface area contributed by atoms with E-state index in [4.69, 9.17) is 17.3 Å². The van der Waals surface area contributed by atoms with Gasteiger partial charge in [0.15, 0.2) is 5.13 Å². The molecule has 0 spiro atoms. The number of carbonyl (C=O) groups excluding carboxylic acids is 1. The first kappa shape index (κ1) is 24.2. The minimum Gasteiger partial charge on any atom is -0.375 e. The Bertz CT molecular complexity index is 1620. The third-order valence-corrected chi connectivity index (χ3v) is 6.72. The average Bonchev–Trinajstić information content (AvgIpc) is 3.20. The van der Waals surface area contributed by atoms with E-state index in [2.05, 4.69) is 20.1 Å².